The van der Waals surface area contributed by atoms with Gasteiger partial charge in [-0.3, -0.25) is 0 Å². The summed E-state index contributed by atoms with van der Waals surface area (Å²) in [6, 6.07) is 6.66. The van der Waals surface area contributed by atoms with E-state index in [1.54, 1.807) is 12.1 Å². The number of ether oxygens (including phenoxy) is 3. The quantitative estimate of drug-likeness (QED) is 0.232. The van der Waals surface area contributed by atoms with Crippen LogP contribution in [0.5, 0.6) is 0 Å². The van der Waals surface area contributed by atoms with Gasteiger partial charge in [0.2, 0.25) is 0 Å². The molecule has 1 heterocycles. The van der Waals surface area contributed by atoms with Crippen LogP contribution in [0.1, 0.15) is 63.2 Å². The summed E-state index contributed by atoms with van der Waals surface area (Å²) in [5.41, 5.74) is -5.17. The van der Waals surface area contributed by atoms with E-state index in [-0.39, 0.29) is 16.9 Å². The Morgan fingerprint density at radius 1 is 0.974 bits per heavy atom. The van der Waals surface area contributed by atoms with E-state index in [9.17, 15) is 27.6 Å². The van der Waals surface area contributed by atoms with Crippen LogP contribution in [0.4, 0.5) is 28.4 Å². The maximum atomic E-state index is 14.4. The molecule has 1 aromatic carbocycles. The fraction of sp³-hybridized carbons (Fsp3) is 0.407. The van der Waals surface area contributed by atoms with Crippen LogP contribution in [0.25, 0.3) is 11.3 Å². The summed E-state index contributed by atoms with van der Waals surface area (Å²) in [5, 5.41) is 0. The maximum Gasteiger partial charge on any atom is 0.424 e. The summed E-state index contributed by atoms with van der Waals surface area (Å²) < 4.78 is 58.6. The Hall–Kier alpha value is -3.89. The van der Waals surface area contributed by atoms with Gasteiger partial charge in [-0.25, -0.2) is 19.4 Å². The Labute approximate surface area is 219 Å². The molecule has 0 bridgehead atoms. The summed E-state index contributed by atoms with van der Waals surface area (Å²) in [6.07, 6.45) is -6.01. The average molecular weight is 537 g/mol. The first-order chi connectivity index (χ1) is 17.4. The molecule has 1 aromatic heterocycles. The van der Waals surface area contributed by atoms with Crippen LogP contribution in [0.2, 0.25) is 0 Å². The molecule has 0 saturated heterocycles. The van der Waals surface area contributed by atoms with Gasteiger partial charge in [-0.05, 0) is 59.6 Å². The summed E-state index contributed by atoms with van der Waals surface area (Å²) >= 11 is 0. The minimum atomic E-state index is -5.00. The molecule has 0 unspecified atom stereocenters. The predicted octanol–water partition coefficient (Wildman–Crippen LogP) is 6.96. The lowest BCUT2D eigenvalue weighted by Crippen LogP contribution is -2.44. The van der Waals surface area contributed by atoms with Gasteiger partial charge >= 0.3 is 24.3 Å². The number of methoxy groups -OCH3 is 1. The van der Waals surface area contributed by atoms with Gasteiger partial charge in [-0.2, -0.15) is 18.1 Å². The molecular formula is C27H31F3N2O6. The number of carbonyl (C=O) groups is 3. The van der Waals surface area contributed by atoms with Gasteiger partial charge in [0.1, 0.15) is 11.2 Å². The molecule has 0 N–H and O–H groups in total. The standard InChI is InChI=1S/C27H31F3N2O6/c1-9-12-16-13-10-11-14-17(16)20-18(27(28,29)30)15-19(21(31-20)22(33)36-8)32(23(34)37-25(2,3)4)24(35)38-26(5,6)7/h9-11,13-15H,1,12H2,2-8H3. The zero-order chi connectivity index (χ0) is 29.1. The van der Waals surface area contributed by atoms with Crippen molar-refractivity contribution in [2.24, 2.45) is 0 Å². The summed E-state index contributed by atoms with van der Waals surface area (Å²) in [7, 11) is 0.988. The predicted molar refractivity (Wildman–Crippen MR) is 135 cm³/mol. The molecule has 0 aliphatic rings. The van der Waals surface area contributed by atoms with Crippen LogP contribution < -0.4 is 4.90 Å². The number of aromatic nitrogens is 1. The van der Waals surface area contributed by atoms with Crippen molar-refractivity contribution in [2.45, 2.75) is 65.3 Å². The van der Waals surface area contributed by atoms with E-state index in [1.165, 1.54) is 59.8 Å². The minimum absolute atomic E-state index is 0.0810. The van der Waals surface area contributed by atoms with E-state index in [0.29, 0.717) is 11.6 Å². The van der Waals surface area contributed by atoms with Crippen LogP contribution >= 0.6 is 0 Å². The first kappa shape index (κ1) is 30.3. The molecule has 11 heteroatoms. The molecule has 38 heavy (non-hydrogen) atoms. The van der Waals surface area contributed by atoms with Crippen LogP contribution in [-0.2, 0) is 26.8 Å². The molecule has 2 amide bonds. The molecule has 0 radical (unpaired) electrons. The van der Waals surface area contributed by atoms with Gasteiger partial charge < -0.3 is 14.2 Å². The van der Waals surface area contributed by atoms with Crippen LogP contribution in [0.3, 0.4) is 0 Å². The number of amides is 2. The van der Waals surface area contributed by atoms with Gasteiger partial charge in [-0.1, -0.05) is 30.3 Å². The summed E-state index contributed by atoms with van der Waals surface area (Å²) in [5.74, 6) is -1.19. The third kappa shape index (κ3) is 7.56. The molecule has 0 aliphatic carbocycles. The second-order valence-electron chi connectivity index (χ2n) is 10.2. The van der Waals surface area contributed by atoms with Crippen molar-refractivity contribution >= 4 is 23.8 Å². The fourth-order valence-corrected chi connectivity index (χ4v) is 3.31. The average Bonchev–Trinajstić information content (AvgIpc) is 2.76. The molecule has 2 rings (SSSR count). The van der Waals surface area contributed by atoms with Gasteiger partial charge in [0.05, 0.1) is 24.1 Å². The van der Waals surface area contributed by atoms with Crippen molar-refractivity contribution in [1.29, 1.82) is 0 Å². The van der Waals surface area contributed by atoms with E-state index >= 15 is 0 Å². The van der Waals surface area contributed by atoms with Gasteiger partial charge in [0.15, 0.2) is 5.69 Å². The summed E-state index contributed by atoms with van der Waals surface area (Å²) in [4.78, 5) is 43.3. The number of rotatable bonds is 5. The topological polar surface area (TPSA) is 95.0 Å². The SMILES string of the molecule is C=CCc1ccccc1-c1nc(C(=O)OC)c(N(C(=O)OC(C)(C)C)C(=O)OC(C)(C)C)cc1C(F)(F)F. The van der Waals surface area contributed by atoms with Crippen molar-refractivity contribution in [2.75, 3.05) is 12.0 Å². The fourth-order valence-electron chi connectivity index (χ4n) is 3.31. The third-order valence-corrected chi connectivity index (χ3v) is 4.72. The number of allylic oxidation sites excluding steroid dienone is 1. The number of carbonyl (C=O) groups excluding carboxylic acids is 3. The van der Waals surface area contributed by atoms with Gasteiger partial charge in [-0.15, -0.1) is 6.58 Å². The van der Waals surface area contributed by atoms with E-state index < -0.39 is 58.2 Å². The number of nitrogens with zero attached hydrogens (tertiary/aromatic N) is 2. The molecule has 8 nitrogen and oxygen atoms in total. The molecule has 206 valence electrons. The van der Waals surface area contributed by atoms with Crippen molar-refractivity contribution < 1.29 is 41.8 Å². The second-order valence-corrected chi connectivity index (χ2v) is 10.2. The van der Waals surface area contributed by atoms with Crippen LogP contribution in [0, 0.1) is 0 Å². The second kappa shape index (κ2) is 11.2. The molecule has 0 spiro atoms. The lowest BCUT2D eigenvalue weighted by molar-refractivity contribution is -0.137. The van der Waals surface area contributed by atoms with Crippen molar-refractivity contribution in [3.63, 3.8) is 0 Å². The number of imide groups is 1. The monoisotopic (exact) mass is 536 g/mol. The summed E-state index contributed by atoms with van der Waals surface area (Å²) in [6.45, 7) is 12.6. The van der Waals surface area contributed by atoms with E-state index in [1.807, 2.05) is 0 Å². The first-order valence-electron chi connectivity index (χ1n) is 11.6. The highest BCUT2D eigenvalue weighted by Crippen LogP contribution is 2.41. The molecule has 2 aromatic rings. The molecule has 0 atom stereocenters. The molecular weight excluding hydrogens is 505 g/mol. The Balaban J connectivity index is 2.99. The molecule has 0 saturated carbocycles. The van der Waals surface area contributed by atoms with Crippen molar-refractivity contribution in [3.05, 3.63) is 59.8 Å². The third-order valence-electron chi connectivity index (χ3n) is 4.72. The Morgan fingerprint density at radius 3 is 1.95 bits per heavy atom. The van der Waals surface area contributed by atoms with E-state index in [2.05, 4.69) is 11.6 Å². The van der Waals surface area contributed by atoms with Crippen LogP contribution in [0.15, 0.2) is 43.0 Å². The maximum absolute atomic E-state index is 14.4. The van der Waals surface area contributed by atoms with Crippen molar-refractivity contribution in [3.8, 4) is 11.3 Å². The smallest absolute Gasteiger partial charge is 0.424 e. The number of hydrogen-bond acceptors (Lipinski definition) is 7. The largest absolute Gasteiger partial charge is 0.464 e. The Bertz CT molecular complexity index is 1200. The normalized spacial score (nSPS) is 11.9. The van der Waals surface area contributed by atoms with Crippen LogP contribution in [-0.4, -0.2) is 41.5 Å². The highest BCUT2D eigenvalue weighted by Gasteiger charge is 2.41. The highest BCUT2D eigenvalue weighted by molar-refractivity contribution is 6.13. The van der Waals surface area contributed by atoms with Gasteiger partial charge in [0.25, 0.3) is 0 Å². The zero-order valence-electron chi connectivity index (χ0n) is 22.4. The number of anilines is 1. The molecule has 0 aliphatic heterocycles. The van der Waals surface area contributed by atoms with Crippen molar-refractivity contribution in [1.82, 2.24) is 4.98 Å². The number of alkyl halides is 3. The zero-order valence-corrected chi connectivity index (χ0v) is 22.4. The number of benzene rings is 1. The number of hydrogen-bond donors (Lipinski definition) is 0. The first-order valence-corrected chi connectivity index (χ1v) is 11.6. The minimum Gasteiger partial charge on any atom is -0.464 e. The highest BCUT2D eigenvalue weighted by atomic mass is 19.4. The van der Waals surface area contributed by atoms with E-state index in [0.717, 1.165) is 7.11 Å². The van der Waals surface area contributed by atoms with E-state index in [4.69, 9.17) is 14.2 Å². The Morgan fingerprint density at radius 2 is 1.50 bits per heavy atom. The lowest BCUT2D eigenvalue weighted by Gasteiger charge is -2.29. The molecule has 0 fully saturated rings. The number of esters is 1. The lowest BCUT2D eigenvalue weighted by atomic mass is 9.97. The number of halogens is 3. The Kier molecular flexibility index (Phi) is 8.97. The van der Waals surface area contributed by atoms with Gasteiger partial charge in [0, 0.05) is 5.56 Å². The number of pyridine rings is 1.